The summed E-state index contributed by atoms with van der Waals surface area (Å²) in [6.07, 6.45) is 13.4. The molecule has 0 atom stereocenters. The van der Waals surface area contributed by atoms with Gasteiger partial charge >= 0.3 is 281 Å². The van der Waals surface area contributed by atoms with Crippen LogP contribution in [0.25, 0.3) is 62.6 Å². The molecule has 2 heterocycles. The van der Waals surface area contributed by atoms with E-state index in [1.807, 2.05) is 17.9 Å². The summed E-state index contributed by atoms with van der Waals surface area (Å²) in [7, 11) is -2.49. The summed E-state index contributed by atoms with van der Waals surface area (Å²) in [6.45, 7) is 5.35. The van der Waals surface area contributed by atoms with Gasteiger partial charge in [0.05, 0.1) is 0 Å². The van der Waals surface area contributed by atoms with Gasteiger partial charge in [-0.3, -0.25) is 0 Å². The number of allylic oxidation sites excluding steroid dienone is 6. The Bertz CT molecular complexity index is 3360. The average molecular weight is 1110 g/mol. The molecule has 0 N–H and O–H groups in total. The zero-order chi connectivity index (χ0) is 48.4. The SMILES string of the molecule is CC=C1COCC1=CC(/C=C/c1ccc(-c2c(-c3ccccc3)c(-c3ccccc3)c(-c3ccc(/C=C/C)cc3)n2-c2ccccc2)cc1)=C([C]#[Os])[P+](c1ccccc1)(c1ccccc1)c1ccccc1. The van der Waals surface area contributed by atoms with Crippen LogP contribution in [-0.2, 0) is 22.7 Å². The summed E-state index contributed by atoms with van der Waals surface area (Å²) in [5.41, 5.74) is 16.2. The molecule has 10 rings (SSSR count). The number of hydrogen-bond acceptors (Lipinski definition) is 1. The summed E-state index contributed by atoms with van der Waals surface area (Å²) < 4.78 is 12.5. The van der Waals surface area contributed by atoms with Crippen molar-refractivity contribution in [2.45, 2.75) is 13.8 Å². The van der Waals surface area contributed by atoms with Crippen molar-refractivity contribution in [3.05, 3.63) is 288 Å². The van der Waals surface area contributed by atoms with E-state index in [0.717, 1.165) is 50.5 Å². The van der Waals surface area contributed by atoms with Gasteiger partial charge in [-0.05, 0) is 35.7 Å². The Morgan fingerprint density at radius 2 is 0.887 bits per heavy atom. The van der Waals surface area contributed by atoms with Gasteiger partial charge in [0.25, 0.3) is 0 Å². The van der Waals surface area contributed by atoms with Crippen LogP contribution in [0.4, 0.5) is 0 Å². The number of rotatable bonds is 13. The predicted molar refractivity (Wildman–Crippen MR) is 300 cm³/mol. The number of nitrogens with zero attached hydrogens (tertiary/aromatic N) is 1. The molecule has 1 aliphatic rings. The predicted octanol–water partition coefficient (Wildman–Crippen LogP) is 15.8. The van der Waals surface area contributed by atoms with Gasteiger partial charge < -0.3 is 0 Å². The molecular formula is C67H54NOOsP+. The summed E-state index contributed by atoms with van der Waals surface area (Å²) in [5, 5.41) is 5.04. The molecule has 0 bridgehead atoms. The monoisotopic (exact) mass is 1110 g/mol. The fourth-order valence-corrected chi connectivity index (χ4v) is 15.8. The summed E-state index contributed by atoms with van der Waals surface area (Å²) in [4.78, 5) is 0. The Labute approximate surface area is 429 Å². The van der Waals surface area contributed by atoms with Crippen molar-refractivity contribution in [3.8, 4) is 54.8 Å². The minimum absolute atomic E-state index is 0.566. The second-order valence-electron chi connectivity index (χ2n) is 17.5. The maximum atomic E-state index is 6.10. The van der Waals surface area contributed by atoms with Crippen molar-refractivity contribution in [3.63, 3.8) is 0 Å². The van der Waals surface area contributed by atoms with Crippen molar-refractivity contribution in [1.29, 1.82) is 0 Å². The molecule has 0 aliphatic carbocycles. The number of benzene rings is 8. The summed E-state index contributed by atoms with van der Waals surface area (Å²) in [5.74, 6) is 0. The van der Waals surface area contributed by atoms with Gasteiger partial charge in [-0.15, -0.1) is 0 Å². The first-order chi connectivity index (χ1) is 35.1. The van der Waals surface area contributed by atoms with Gasteiger partial charge in [-0.25, -0.2) is 0 Å². The van der Waals surface area contributed by atoms with Gasteiger partial charge in [-0.2, -0.15) is 0 Å². The Kier molecular flexibility index (Phi) is 14.7. The van der Waals surface area contributed by atoms with Crippen molar-refractivity contribution in [2.75, 3.05) is 13.2 Å². The van der Waals surface area contributed by atoms with Gasteiger partial charge in [-0.1, -0.05) is 115 Å². The number of ether oxygens (including phenoxy) is 1. The molecule has 1 aromatic heterocycles. The van der Waals surface area contributed by atoms with Crippen LogP contribution < -0.4 is 15.9 Å². The summed E-state index contributed by atoms with van der Waals surface area (Å²) >= 11 is 1.82. The number of para-hydroxylation sites is 1. The zero-order valence-electron chi connectivity index (χ0n) is 40.0. The minimum atomic E-state index is -2.49. The molecule has 0 spiro atoms. The molecule has 1 aliphatic heterocycles. The molecule has 345 valence electrons. The van der Waals surface area contributed by atoms with Gasteiger partial charge in [0.1, 0.15) is 0 Å². The molecule has 0 saturated carbocycles. The van der Waals surface area contributed by atoms with Crippen LogP contribution in [0.5, 0.6) is 0 Å². The van der Waals surface area contributed by atoms with E-state index in [1.54, 1.807) is 0 Å². The van der Waals surface area contributed by atoms with Crippen LogP contribution >= 0.6 is 7.26 Å². The number of hydrogen-bond donors (Lipinski definition) is 0. The molecule has 8 aromatic carbocycles. The van der Waals surface area contributed by atoms with E-state index in [1.165, 1.54) is 49.1 Å². The second-order valence-corrected chi connectivity index (χ2v) is 21.4. The molecule has 0 radical (unpaired) electrons. The van der Waals surface area contributed by atoms with Crippen molar-refractivity contribution in [1.82, 2.24) is 4.57 Å². The Hall–Kier alpha value is -7.45. The normalized spacial score (nSPS) is 14.3. The first-order valence-electron chi connectivity index (χ1n) is 24.2. The Balaban J connectivity index is 1.20. The third-order valence-corrected chi connectivity index (χ3v) is 18.6. The topological polar surface area (TPSA) is 14.2 Å². The van der Waals surface area contributed by atoms with Crippen molar-refractivity contribution in [2.24, 2.45) is 0 Å². The molecule has 4 heteroatoms. The molecule has 71 heavy (non-hydrogen) atoms. The zero-order valence-corrected chi connectivity index (χ0v) is 43.4. The van der Waals surface area contributed by atoms with E-state index in [2.05, 4.69) is 290 Å². The maximum absolute atomic E-state index is 6.10. The quantitative estimate of drug-likeness (QED) is 0.0829. The van der Waals surface area contributed by atoms with Crippen LogP contribution in [0.1, 0.15) is 25.0 Å². The first kappa shape index (κ1) is 47.2. The first-order valence-corrected chi connectivity index (χ1v) is 27.2. The van der Waals surface area contributed by atoms with E-state index in [0.29, 0.717) is 13.2 Å². The molecule has 2 nitrogen and oxygen atoms in total. The number of aromatic nitrogens is 1. The second kappa shape index (κ2) is 22.1. The molecule has 0 unspecified atom stereocenters. The third-order valence-electron chi connectivity index (χ3n) is 13.2. The van der Waals surface area contributed by atoms with Crippen LogP contribution in [0.15, 0.2) is 277 Å². The van der Waals surface area contributed by atoms with Gasteiger partial charge in [0.15, 0.2) is 0 Å². The summed E-state index contributed by atoms with van der Waals surface area (Å²) in [6, 6.07) is 83.9. The third kappa shape index (κ3) is 9.60. The fourth-order valence-electron chi connectivity index (χ4n) is 9.94. The van der Waals surface area contributed by atoms with Crippen LogP contribution in [0.3, 0.4) is 0 Å². The average Bonchev–Trinajstić information content (AvgIpc) is 4.06. The molecular weight excluding hydrogens is 1060 g/mol. The molecule has 0 amide bonds. The van der Waals surface area contributed by atoms with E-state index in [4.69, 9.17) is 4.74 Å². The van der Waals surface area contributed by atoms with Gasteiger partial charge in [0.2, 0.25) is 0 Å². The van der Waals surface area contributed by atoms with Crippen molar-refractivity contribution < 1.29 is 22.7 Å². The Morgan fingerprint density at radius 3 is 1.31 bits per heavy atom. The van der Waals surface area contributed by atoms with Crippen LogP contribution in [0.2, 0.25) is 0 Å². The van der Waals surface area contributed by atoms with Crippen molar-refractivity contribution >= 4 is 35.3 Å². The molecule has 9 aromatic rings. The van der Waals surface area contributed by atoms with Gasteiger partial charge in [0, 0.05) is 0 Å². The molecule has 1 fully saturated rings. The van der Waals surface area contributed by atoms with E-state index in [-0.39, 0.29) is 0 Å². The van der Waals surface area contributed by atoms with E-state index in [9.17, 15) is 0 Å². The standard InChI is InChI=1S/C67H54NOP.Os/c1-4-24-51-37-42-56(43-38-51)66-64(54-25-12-6-13-26-54)65(55-27-14-7-15-28-55)67(68(66)60-29-16-8-17-30-60)57-44-39-52(40-45-57)41-46-58(47-59-49-69-48-53(59)5-2)50(3)70(61-31-18-9-19-32-61,62-33-20-10-21-34-62)63-35-22-11-23-36-63;/h4-47H,48-49H2,1-2H3;/q+1;/b24-4+,46-41+,53-5?,58-50?,59-47?;. The van der Waals surface area contributed by atoms with Crippen LogP contribution in [0, 0.1) is 4.37 Å². The van der Waals surface area contributed by atoms with Crippen LogP contribution in [-0.4, -0.2) is 17.8 Å². The van der Waals surface area contributed by atoms with E-state index >= 15 is 0 Å². The fraction of sp³-hybridized carbons (Fsp3) is 0.0597. The Morgan fingerprint density at radius 1 is 0.479 bits per heavy atom. The van der Waals surface area contributed by atoms with E-state index < -0.39 is 7.26 Å². The molecule has 1 saturated heterocycles.